The highest BCUT2D eigenvalue weighted by molar-refractivity contribution is 7.86. The lowest BCUT2D eigenvalue weighted by atomic mass is 10.1. The Labute approximate surface area is 147 Å². The van der Waals surface area contributed by atoms with E-state index in [0.29, 0.717) is 18.9 Å². The zero-order chi connectivity index (χ0) is 18.4. The Balaban J connectivity index is 2.01. The summed E-state index contributed by atoms with van der Waals surface area (Å²) >= 11 is 6.03. The van der Waals surface area contributed by atoms with Gasteiger partial charge < -0.3 is 4.42 Å². The van der Waals surface area contributed by atoms with Crippen molar-refractivity contribution in [1.29, 1.82) is 0 Å². The van der Waals surface area contributed by atoms with Gasteiger partial charge in [-0.15, -0.1) is 5.10 Å². The van der Waals surface area contributed by atoms with Gasteiger partial charge in [-0.1, -0.05) is 16.7 Å². The molecule has 0 bridgehead atoms. The molecule has 11 heteroatoms. The fourth-order valence-corrected chi connectivity index (χ4v) is 4.18. The highest BCUT2D eigenvalue weighted by Crippen LogP contribution is 2.42. The first-order valence-corrected chi connectivity index (χ1v) is 8.69. The van der Waals surface area contributed by atoms with Gasteiger partial charge >= 0.3 is 12.2 Å². The van der Waals surface area contributed by atoms with E-state index in [-0.39, 0.29) is 22.7 Å². The molecule has 0 aliphatic heterocycles. The number of alkyl halides is 3. The molecule has 1 atom stereocenters. The van der Waals surface area contributed by atoms with Crippen molar-refractivity contribution in [2.45, 2.75) is 36.1 Å². The van der Waals surface area contributed by atoms with Crippen LogP contribution in [0.25, 0.3) is 0 Å². The molecule has 1 fully saturated rings. The van der Waals surface area contributed by atoms with Crippen LogP contribution in [0, 0.1) is 6.92 Å². The van der Waals surface area contributed by atoms with Crippen LogP contribution in [-0.4, -0.2) is 25.6 Å². The summed E-state index contributed by atoms with van der Waals surface area (Å²) in [6, 6.07) is 1.41. The molecule has 1 amide bonds. The molecule has 134 valence electrons. The Morgan fingerprint density at radius 2 is 2.04 bits per heavy atom. The lowest BCUT2D eigenvalue weighted by Crippen LogP contribution is -2.18. The van der Waals surface area contributed by atoms with E-state index in [1.165, 1.54) is 6.92 Å². The fourth-order valence-electron chi connectivity index (χ4n) is 2.11. The van der Waals surface area contributed by atoms with Crippen LogP contribution in [0.15, 0.2) is 21.4 Å². The number of anilines is 1. The third-order valence-electron chi connectivity index (χ3n) is 3.42. The maximum atomic E-state index is 13.2. The Hall–Kier alpha value is -1.94. The van der Waals surface area contributed by atoms with Crippen LogP contribution in [-0.2, 0) is 17.0 Å². The number of halogens is 4. The van der Waals surface area contributed by atoms with Crippen molar-refractivity contribution in [3.8, 4) is 0 Å². The number of aromatic nitrogens is 2. The van der Waals surface area contributed by atoms with Crippen LogP contribution in [0.2, 0.25) is 5.02 Å². The van der Waals surface area contributed by atoms with Gasteiger partial charge in [-0.2, -0.15) is 13.2 Å². The van der Waals surface area contributed by atoms with E-state index < -0.39 is 38.4 Å². The molecular weight excluding hydrogens is 383 g/mol. The third-order valence-corrected chi connectivity index (χ3v) is 5.83. The van der Waals surface area contributed by atoms with Gasteiger partial charge in [0, 0.05) is 12.2 Å². The van der Waals surface area contributed by atoms with Crippen LogP contribution in [0.1, 0.15) is 34.7 Å². The van der Waals surface area contributed by atoms with E-state index in [4.69, 9.17) is 16.0 Å². The summed E-state index contributed by atoms with van der Waals surface area (Å²) in [5.41, 5.74) is -1.36. The second-order valence-electron chi connectivity index (χ2n) is 5.38. The minimum Gasteiger partial charge on any atom is -0.408 e. The van der Waals surface area contributed by atoms with E-state index in [1.807, 2.05) is 0 Å². The first-order valence-electron chi connectivity index (χ1n) is 7.10. The lowest BCUT2D eigenvalue weighted by molar-refractivity contribution is -0.139. The maximum Gasteiger partial charge on any atom is 0.417 e. The Kier molecular flexibility index (Phi) is 4.58. The number of carbonyl (C=O) groups is 1. The molecule has 6 nitrogen and oxygen atoms in total. The standard InChI is InChI=1S/C14H11ClF3N3O3S/c1-6-20-21-13(24-6)19-12(22)8-4-5-9(14(16,17)18)11(10(8)15)25(23)7-2-3-7/h4-5,7H,2-3H2,1H3,(H,19,21,22). The van der Waals surface area contributed by atoms with Crippen LogP contribution in [0.3, 0.4) is 0 Å². The highest BCUT2D eigenvalue weighted by Gasteiger charge is 2.41. The smallest absolute Gasteiger partial charge is 0.408 e. The molecule has 1 aromatic carbocycles. The van der Waals surface area contributed by atoms with Crippen molar-refractivity contribution in [2.24, 2.45) is 0 Å². The summed E-state index contributed by atoms with van der Waals surface area (Å²) in [6.45, 7) is 1.50. The predicted octanol–water partition coefficient (Wildman–Crippen LogP) is 3.57. The van der Waals surface area contributed by atoms with Gasteiger partial charge in [0.15, 0.2) is 0 Å². The molecule has 1 aromatic heterocycles. The number of hydrogen-bond acceptors (Lipinski definition) is 5. The van der Waals surface area contributed by atoms with E-state index in [2.05, 4.69) is 15.5 Å². The minimum atomic E-state index is -4.73. The Morgan fingerprint density at radius 3 is 2.56 bits per heavy atom. The van der Waals surface area contributed by atoms with E-state index in [1.54, 1.807) is 0 Å². The molecule has 1 heterocycles. The molecule has 1 saturated carbocycles. The van der Waals surface area contributed by atoms with Crippen molar-refractivity contribution in [2.75, 3.05) is 5.32 Å². The number of hydrogen-bond donors (Lipinski definition) is 1. The summed E-state index contributed by atoms with van der Waals surface area (Å²) in [5, 5.41) is 8.45. The second kappa shape index (κ2) is 6.41. The maximum absolute atomic E-state index is 13.2. The number of aryl methyl sites for hydroxylation is 1. The first-order chi connectivity index (χ1) is 11.7. The summed E-state index contributed by atoms with van der Waals surface area (Å²) in [4.78, 5) is 11.7. The van der Waals surface area contributed by atoms with Crippen molar-refractivity contribution >= 4 is 34.3 Å². The molecule has 25 heavy (non-hydrogen) atoms. The molecular formula is C14H11ClF3N3O3S. The topological polar surface area (TPSA) is 85.1 Å². The van der Waals surface area contributed by atoms with Gasteiger partial charge in [0.2, 0.25) is 5.89 Å². The molecule has 1 N–H and O–H groups in total. The van der Waals surface area contributed by atoms with Gasteiger partial charge in [-0.05, 0) is 25.0 Å². The van der Waals surface area contributed by atoms with E-state index in [0.717, 1.165) is 6.07 Å². The van der Waals surface area contributed by atoms with Crippen LogP contribution in [0.4, 0.5) is 19.2 Å². The molecule has 1 unspecified atom stereocenters. The molecule has 0 saturated heterocycles. The third kappa shape index (κ3) is 3.69. The summed E-state index contributed by atoms with van der Waals surface area (Å²) < 4.78 is 57.1. The van der Waals surface area contributed by atoms with Gasteiger partial charge in [-0.3, -0.25) is 14.3 Å². The predicted molar refractivity (Wildman–Crippen MR) is 82.9 cm³/mol. The van der Waals surface area contributed by atoms with Crippen molar-refractivity contribution < 1.29 is 26.6 Å². The number of amides is 1. The number of benzene rings is 1. The lowest BCUT2D eigenvalue weighted by Gasteiger charge is -2.16. The average molecular weight is 394 g/mol. The highest BCUT2D eigenvalue weighted by atomic mass is 35.5. The normalized spacial score (nSPS) is 15.9. The van der Waals surface area contributed by atoms with Gasteiger partial charge in [0.25, 0.3) is 5.91 Å². The summed E-state index contributed by atoms with van der Waals surface area (Å²) in [7, 11) is -1.95. The molecule has 0 radical (unpaired) electrons. The summed E-state index contributed by atoms with van der Waals surface area (Å²) in [5.74, 6) is -0.638. The quantitative estimate of drug-likeness (QED) is 0.858. The van der Waals surface area contributed by atoms with Crippen molar-refractivity contribution in [3.63, 3.8) is 0 Å². The Morgan fingerprint density at radius 1 is 1.36 bits per heavy atom. The van der Waals surface area contributed by atoms with Crippen LogP contribution in [0.5, 0.6) is 0 Å². The van der Waals surface area contributed by atoms with Crippen LogP contribution < -0.4 is 5.32 Å². The summed E-state index contributed by atoms with van der Waals surface area (Å²) in [6.07, 6.45) is -3.63. The molecule has 1 aliphatic rings. The number of carbonyl (C=O) groups excluding carboxylic acids is 1. The number of rotatable bonds is 4. The zero-order valence-electron chi connectivity index (χ0n) is 12.7. The monoisotopic (exact) mass is 393 g/mol. The van der Waals surface area contributed by atoms with Gasteiger partial charge in [0.05, 0.1) is 31.8 Å². The Bertz CT molecular complexity index is 865. The number of nitrogens with one attached hydrogen (secondary N) is 1. The zero-order valence-corrected chi connectivity index (χ0v) is 14.3. The first kappa shape index (κ1) is 17.9. The molecule has 0 spiro atoms. The number of nitrogens with zero attached hydrogens (tertiary/aromatic N) is 2. The van der Waals surface area contributed by atoms with E-state index >= 15 is 0 Å². The van der Waals surface area contributed by atoms with Crippen molar-refractivity contribution in [1.82, 2.24) is 10.2 Å². The van der Waals surface area contributed by atoms with E-state index in [9.17, 15) is 22.2 Å². The largest absolute Gasteiger partial charge is 0.417 e. The SMILES string of the molecule is Cc1nnc(NC(=O)c2ccc(C(F)(F)F)c(S(=O)C3CC3)c2Cl)o1. The molecule has 2 aromatic rings. The molecule has 3 rings (SSSR count). The fraction of sp³-hybridized carbons (Fsp3) is 0.357. The molecule has 1 aliphatic carbocycles. The van der Waals surface area contributed by atoms with Gasteiger partial charge in [-0.25, -0.2) is 0 Å². The van der Waals surface area contributed by atoms with Crippen molar-refractivity contribution in [3.05, 3.63) is 34.2 Å². The van der Waals surface area contributed by atoms with Gasteiger partial charge in [0.1, 0.15) is 0 Å². The second-order valence-corrected chi connectivity index (χ2v) is 7.43. The minimum absolute atomic E-state index is 0.198. The van der Waals surface area contributed by atoms with Crippen LogP contribution >= 0.6 is 11.6 Å². The average Bonchev–Trinajstić information content (AvgIpc) is 3.29.